The van der Waals surface area contributed by atoms with Crippen LogP contribution < -0.4 is 5.32 Å². The maximum atomic E-state index is 11.9. The van der Waals surface area contributed by atoms with Gasteiger partial charge in [0.25, 0.3) is 0 Å². The number of nitrogens with one attached hydrogen (secondary N) is 1. The van der Waals surface area contributed by atoms with Crippen LogP contribution in [0.3, 0.4) is 0 Å². The SMILES string of the molecule is C[C@H](N[C@H](C)C(=O)N(C)C)C(C)(C)c1ccccc1. The summed E-state index contributed by atoms with van der Waals surface area (Å²) in [6, 6.07) is 10.4. The van der Waals surface area contributed by atoms with Crippen LogP contribution in [0, 0.1) is 0 Å². The highest BCUT2D eigenvalue weighted by Crippen LogP contribution is 2.27. The van der Waals surface area contributed by atoms with E-state index in [1.54, 1.807) is 19.0 Å². The summed E-state index contributed by atoms with van der Waals surface area (Å²) in [5.41, 5.74) is 1.25. The molecule has 2 atom stereocenters. The van der Waals surface area contributed by atoms with Crippen LogP contribution >= 0.6 is 0 Å². The molecule has 0 unspecified atom stereocenters. The van der Waals surface area contributed by atoms with Gasteiger partial charge in [0, 0.05) is 25.6 Å². The molecule has 1 N–H and O–H groups in total. The molecule has 0 aliphatic rings. The fourth-order valence-electron chi connectivity index (χ4n) is 2.16. The van der Waals surface area contributed by atoms with Crippen LogP contribution in [0.1, 0.15) is 33.3 Å². The van der Waals surface area contributed by atoms with Crippen molar-refractivity contribution in [1.29, 1.82) is 0 Å². The molecular weight excluding hydrogens is 236 g/mol. The summed E-state index contributed by atoms with van der Waals surface area (Å²) in [4.78, 5) is 13.5. The number of likely N-dealkylation sites (N-methyl/N-ethyl adjacent to an activating group) is 1. The molecule has 1 amide bonds. The predicted molar refractivity (Wildman–Crippen MR) is 80.2 cm³/mol. The largest absolute Gasteiger partial charge is 0.347 e. The first-order chi connectivity index (χ1) is 8.76. The topological polar surface area (TPSA) is 32.3 Å². The normalized spacial score (nSPS) is 14.8. The molecular formula is C16H26N2O. The van der Waals surface area contributed by atoms with Crippen molar-refractivity contribution < 1.29 is 4.79 Å². The van der Waals surface area contributed by atoms with Crippen molar-refractivity contribution in [1.82, 2.24) is 10.2 Å². The van der Waals surface area contributed by atoms with Gasteiger partial charge < -0.3 is 10.2 Å². The molecule has 0 saturated heterocycles. The van der Waals surface area contributed by atoms with Gasteiger partial charge in [-0.25, -0.2) is 0 Å². The smallest absolute Gasteiger partial charge is 0.238 e. The van der Waals surface area contributed by atoms with Crippen molar-refractivity contribution in [2.24, 2.45) is 0 Å². The molecule has 0 bridgehead atoms. The second kappa shape index (κ2) is 6.20. The molecule has 0 aromatic heterocycles. The maximum Gasteiger partial charge on any atom is 0.238 e. The van der Waals surface area contributed by atoms with Crippen LogP contribution in [-0.2, 0) is 10.2 Å². The minimum Gasteiger partial charge on any atom is -0.347 e. The van der Waals surface area contributed by atoms with Gasteiger partial charge in [0.1, 0.15) is 0 Å². The molecule has 0 spiro atoms. The van der Waals surface area contributed by atoms with Crippen molar-refractivity contribution in [3.05, 3.63) is 35.9 Å². The number of benzene rings is 1. The number of amides is 1. The number of carbonyl (C=O) groups excluding carboxylic acids is 1. The zero-order valence-corrected chi connectivity index (χ0v) is 12.9. The first-order valence-electron chi connectivity index (χ1n) is 6.79. The predicted octanol–water partition coefficient (Wildman–Crippen LogP) is 2.42. The van der Waals surface area contributed by atoms with E-state index in [9.17, 15) is 4.79 Å². The van der Waals surface area contributed by atoms with Gasteiger partial charge >= 0.3 is 0 Å². The Labute approximate surface area is 117 Å². The van der Waals surface area contributed by atoms with Crippen LogP contribution in [0.2, 0.25) is 0 Å². The van der Waals surface area contributed by atoms with Gasteiger partial charge in [0.2, 0.25) is 5.91 Å². The van der Waals surface area contributed by atoms with Crippen LogP contribution in [0.25, 0.3) is 0 Å². The molecule has 0 fully saturated rings. The lowest BCUT2D eigenvalue weighted by molar-refractivity contribution is -0.130. The van der Waals surface area contributed by atoms with Crippen molar-refractivity contribution in [2.45, 2.75) is 45.2 Å². The summed E-state index contributed by atoms with van der Waals surface area (Å²) in [5, 5.41) is 3.41. The summed E-state index contributed by atoms with van der Waals surface area (Å²) in [5.74, 6) is 0.107. The minimum atomic E-state index is -0.173. The third-order valence-corrected chi connectivity index (χ3v) is 3.91. The van der Waals surface area contributed by atoms with Gasteiger partial charge in [0.05, 0.1) is 6.04 Å². The van der Waals surface area contributed by atoms with Crippen molar-refractivity contribution in [2.75, 3.05) is 14.1 Å². The van der Waals surface area contributed by atoms with Gasteiger partial charge in [-0.05, 0) is 19.4 Å². The van der Waals surface area contributed by atoms with Crippen molar-refractivity contribution >= 4 is 5.91 Å². The maximum absolute atomic E-state index is 11.9. The molecule has 0 aliphatic carbocycles. The van der Waals surface area contributed by atoms with E-state index < -0.39 is 0 Å². The van der Waals surface area contributed by atoms with Crippen LogP contribution in [-0.4, -0.2) is 37.0 Å². The fraction of sp³-hybridized carbons (Fsp3) is 0.562. The first kappa shape index (κ1) is 15.7. The van der Waals surface area contributed by atoms with E-state index in [0.717, 1.165) is 0 Å². The molecule has 0 radical (unpaired) electrons. The summed E-state index contributed by atoms with van der Waals surface area (Å²) in [6.45, 7) is 8.45. The average Bonchev–Trinajstić information content (AvgIpc) is 2.38. The Morgan fingerprint density at radius 2 is 1.68 bits per heavy atom. The highest BCUT2D eigenvalue weighted by molar-refractivity contribution is 5.80. The van der Waals surface area contributed by atoms with Crippen LogP contribution in [0.5, 0.6) is 0 Å². The van der Waals surface area contributed by atoms with E-state index >= 15 is 0 Å². The van der Waals surface area contributed by atoms with Gasteiger partial charge in [-0.3, -0.25) is 4.79 Å². The molecule has 19 heavy (non-hydrogen) atoms. The zero-order chi connectivity index (χ0) is 14.6. The highest BCUT2D eigenvalue weighted by Gasteiger charge is 2.30. The molecule has 0 heterocycles. The summed E-state index contributed by atoms with van der Waals surface area (Å²) in [7, 11) is 3.57. The second-order valence-corrected chi connectivity index (χ2v) is 5.93. The Morgan fingerprint density at radius 3 is 2.16 bits per heavy atom. The lowest BCUT2D eigenvalue weighted by Gasteiger charge is -2.35. The Morgan fingerprint density at radius 1 is 1.16 bits per heavy atom. The van der Waals surface area contributed by atoms with E-state index in [2.05, 4.69) is 50.4 Å². The van der Waals surface area contributed by atoms with Crippen molar-refractivity contribution in [3.63, 3.8) is 0 Å². The number of rotatable bonds is 5. The number of nitrogens with zero attached hydrogens (tertiary/aromatic N) is 1. The molecule has 1 aromatic carbocycles. The first-order valence-corrected chi connectivity index (χ1v) is 6.79. The van der Waals surface area contributed by atoms with Crippen LogP contribution in [0.15, 0.2) is 30.3 Å². The quantitative estimate of drug-likeness (QED) is 0.884. The molecule has 0 saturated carbocycles. The lowest BCUT2D eigenvalue weighted by Crippen LogP contribution is -2.51. The zero-order valence-electron chi connectivity index (χ0n) is 12.9. The van der Waals surface area contributed by atoms with E-state index in [0.29, 0.717) is 0 Å². The van der Waals surface area contributed by atoms with Crippen molar-refractivity contribution in [3.8, 4) is 0 Å². The Balaban J connectivity index is 2.77. The molecule has 1 rings (SSSR count). The van der Waals surface area contributed by atoms with E-state index in [1.807, 2.05) is 13.0 Å². The number of hydrogen-bond acceptors (Lipinski definition) is 2. The third kappa shape index (κ3) is 3.80. The van der Waals surface area contributed by atoms with Gasteiger partial charge in [-0.15, -0.1) is 0 Å². The summed E-state index contributed by atoms with van der Waals surface area (Å²) in [6.07, 6.45) is 0. The van der Waals surface area contributed by atoms with Gasteiger partial charge in [-0.2, -0.15) is 0 Å². The minimum absolute atomic E-state index is 0.0257. The van der Waals surface area contributed by atoms with Gasteiger partial charge in [0.15, 0.2) is 0 Å². The Kier molecular flexibility index (Phi) is 5.12. The fourth-order valence-corrected chi connectivity index (χ4v) is 2.16. The summed E-state index contributed by atoms with van der Waals surface area (Å²) >= 11 is 0. The third-order valence-electron chi connectivity index (χ3n) is 3.91. The highest BCUT2D eigenvalue weighted by atomic mass is 16.2. The van der Waals surface area contributed by atoms with Crippen LogP contribution in [0.4, 0.5) is 0 Å². The molecule has 1 aromatic rings. The lowest BCUT2D eigenvalue weighted by atomic mass is 9.78. The second-order valence-electron chi connectivity index (χ2n) is 5.93. The Bertz CT molecular complexity index is 412. The average molecular weight is 262 g/mol. The van der Waals surface area contributed by atoms with E-state index in [4.69, 9.17) is 0 Å². The Hall–Kier alpha value is -1.35. The standard InChI is InChI=1S/C16H26N2O/c1-12(15(19)18(5)6)17-13(2)16(3,4)14-10-8-7-9-11-14/h7-13,17H,1-6H3/t12-,13+/m1/s1. The van der Waals surface area contributed by atoms with E-state index in [-0.39, 0.29) is 23.4 Å². The molecule has 3 heteroatoms. The number of hydrogen-bond donors (Lipinski definition) is 1. The van der Waals surface area contributed by atoms with E-state index in [1.165, 1.54) is 5.56 Å². The molecule has 3 nitrogen and oxygen atoms in total. The number of carbonyl (C=O) groups is 1. The monoisotopic (exact) mass is 262 g/mol. The molecule has 106 valence electrons. The van der Waals surface area contributed by atoms with Gasteiger partial charge in [-0.1, -0.05) is 44.2 Å². The summed E-state index contributed by atoms with van der Waals surface area (Å²) < 4.78 is 0. The molecule has 0 aliphatic heterocycles.